The summed E-state index contributed by atoms with van der Waals surface area (Å²) in [5.74, 6) is -3.61. The van der Waals surface area contributed by atoms with Crippen LogP contribution in [-0.4, -0.2) is 113 Å². The molecule has 0 radical (unpaired) electrons. The first kappa shape index (κ1) is 48.0. The fourth-order valence-electron chi connectivity index (χ4n) is 9.26. The third-order valence-corrected chi connectivity index (χ3v) is 12.7. The van der Waals surface area contributed by atoms with Gasteiger partial charge in [-0.1, -0.05) is 80.6 Å². The minimum absolute atomic E-state index is 0.0727. The second kappa shape index (κ2) is 23.5. The van der Waals surface area contributed by atoms with Crippen molar-refractivity contribution in [1.82, 2.24) is 41.8 Å². The Morgan fingerprint density at radius 3 is 2.23 bits per heavy atom. The first-order valence-electron chi connectivity index (χ1n) is 23.1. The Kier molecular flexibility index (Phi) is 17.3. The van der Waals surface area contributed by atoms with Crippen LogP contribution in [0.25, 0.3) is 10.9 Å². The van der Waals surface area contributed by atoms with E-state index in [0.29, 0.717) is 38.0 Å². The van der Waals surface area contributed by atoms with Crippen LogP contribution in [0.3, 0.4) is 0 Å². The number of amides is 7. The molecule has 1 saturated carbocycles. The Bertz CT molecular complexity index is 2170. The smallest absolute Gasteiger partial charge is 0.245 e. The van der Waals surface area contributed by atoms with Gasteiger partial charge < -0.3 is 53.3 Å². The van der Waals surface area contributed by atoms with E-state index in [9.17, 15) is 33.6 Å². The molecule has 7 amide bonds. The molecule has 2 aliphatic heterocycles. The van der Waals surface area contributed by atoms with E-state index in [1.165, 1.54) is 11.8 Å². The summed E-state index contributed by atoms with van der Waals surface area (Å²) in [5.41, 5.74) is 13.5. The topological polar surface area (TPSA) is 275 Å². The number of aliphatic imine (C=N–C) groups is 1. The van der Waals surface area contributed by atoms with Crippen molar-refractivity contribution in [2.75, 3.05) is 19.6 Å². The fourth-order valence-corrected chi connectivity index (χ4v) is 9.26. The summed E-state index contributed by atoms with van der Waals surface area (Å²) >= 11 is 0. The number of nitrogens with one attached hydrogen (secondary N) is 7. The highest BCUT2D eigenvalue weighted by atomic mass is 16.2. The summed E-state index contributed by atoms with van der Waals surface area (Å²) in [5, 5.41) is 18.0. The van der Waals surface area contributed by atoms with E-state index in [-0.39, 0.29) is 51.3 Å². The number of benzene rings is 2. The molecule has 2 aromatic carbocycles. The lowest BCUT2D eigenvalue weighted by atomic mass is 9.85. The van der Waals surface area contributed by atoms with Gasteiger partial charge in [0.2, 0.25) is 41.4 Å². The average Bonchev–Trinajstić information content (AvgIpc) is 3.96. The van der Waals surface area contributed by atoms with Crippen LogP contribution in [0.2, 0.25) is 0 Å². The maximum atomic E-state index is 14.6. The number of H-pyrrole nitrogens is 1. The number of para-hydroxylation sites is 1. The van der Waals surface area contributed by atoms with E-state index < -0.39 is 77.6 Å². The zero-order valence-electron chi connectivity index (χ0n) is 37.2. The van der Waals surface area contributed by atoms with Gasteiger partial charge in [-0.3, -0.25) is 38.6 Å². The minimum Gasteiger partial charge on any atom is -0.370 e. The lowest BCUT2D eigenvalue weighted by Crippen LogP contribution is -2.59. The van der Waals surface area contributed by atoms with E-state index in [1.807, 2.05) is 54.6 Å². The molecule has 2 saturated heterocycles. The molecule has 3 heterocycles. The van der Waals surface area contributed by atoms with Crippen LogP contribution in [-0.2, 0) is 46.4 Å². The number of hydrogen-bond donors (Lipinski definition) is 9. The normalized spacial score (nSPS) is 23.2. The molecule has 6 rings (SSSR count). The highest BCUT2D eigenvalue weighted by Gasteiger charge is 2.40. The van der Waals surface area contributed by atoms with Crippen molar-refractivity contribution in [3.8, 4) is 0 Å². The maximum absolute atomic E-state index is 14.6. The Balaban J connectivity index is 1.32. The molecule has 350 valence electrons. The molecule has 1 aliphatic carbocycles. The number of nitrogens with zero attached hydrogens (tertiary/aromatic N) is 2. The number of aromatic amines is 1. The van der Waals surface area contributed by atoms with Gasteiger partial charge in [0.15, 0.2) is 5.96 Å². The van der Waals surface area contributed by atoms with E-state index in [1.54, 1.807) is 6.20 Å². The summed E-state index contributed by atoms with van der Waals surface area (Å²) in [6.07, 6.45) is 9.54. The molecule has 0 spiro atoms. The number of aromatic nitrogens is 1. The van der Waals surface area contributed by atoms with Crippen LogP contribution in [0.5, 0.6) is 0 Å². The SMILES string of the molecule is CC(=O)N[C@@H](Cc1ccccc1)C(=O)N[C@H]1CCNC(=O)C(CCCN=C(N)N)NC(=O)C(Cc2c[nH]c3ccccc23)NC(=O)[C@@H](CCC2CCCCC2)NC(=O)C2CCCN2C1=O. The average molecular weight is 896 g/mol. The third kappa shape index (κ3) is 13.8. The lowest BCUT2D eigenvalue weighted by molar-refractivity contribution is -0.142. The Hall–Kier alpha value is -6.46. The van der Waals surface area contributed by atoms with Crippen LogP contribution in [0, 0.1) is 5.92 Å². The van der Waals surface area contributed by atoms with Crippen molar-refractivity contribution in [2.45, 2.75) is 133 Å². The summed E-state index contributed by atoms with van der Waals surface area (Å²) in [6.45, 7) is 1.59. The van der Waals surface area contributed by atoms with Crippen molar-refractivity contribution in [3.63, 3.8) is 0 Å². The molecule has 18 heteroatoms. The summed E-state index contributed by atoms with van der Waals surface area (Å²) < 4.78 is 0. The molecule has 18 nitrogen and oxygen atoms in total. The Morgan fingerprint density at radius 1 is 0.785 bits per heavy atom. The van der Waals surface area contributed by atoms with Gasteiger partial charge in [-0.2, -0.15) is 0 Å². The van der Waals surface area contributed by atoms with Crippen molar-refractivity contribution in [3.05, 3.63) is 71.9 Å². The molecule has 3 unspecified atom stereocenters. The number of nitrogens with two attached hydrogens (primary N) is 2. The summed E-state index contributed by atoms with van der Waals surface area (Å²) in [6, 6.07) is 10.2. The standard InChI is InChI=1S/C47H65N11O7/c1-29(59)53-38(26-31-14-6-3-7-15-31)43(62)56-37-22-24-50-41(60)35(18-10-23-51-47(48)49)54-44(63)39(27-32-28-52-34-17-9-8-16-33(32)34)57-42(61)36(21-20-30-12-4-2-5-13-30)55-45(64)40-19-11-25-58(40)46(37)65/h3,6-9,14-17,28,30,35-40,52H,2,4-5,10-13,18-27H2,1H3,(H,50,60)(H,53,59)(H,54,63)(H,55,64)(H,56,62)(H,57,61)(H4,48,49,51)/t35?,36-,37+,38+,39?,40?/m1/s1. The van der Waals surface area contributed by atoms with Crippen molar-refractivity contribution >= 4 is 58.2 Å². The molecular formula is C47H65N11O7. The van der Waals surface area contributed by atoms with Crippen LogP contribution in [0.15, 0.2) is 65.8 Å². The van der Waals surface area contributed by atoms with Crippen molar-refractivity contribution in [2.24, 2.45) is 22.4 Å². The van der Waals surface area contributed by atoms with Gasteiger partial charge in [0.1, 0.15) is 36.3 Å². The molecular weight excluding hydrogens is 831 g/mol. The molecule has 3 aromatic rings. The quantitative estimate of drug-likeness (QED) is 0.0641. The lowest BCUT2D eigenvalue weighted by Gasteiger charge is -2.31. The van der Waals surface area contributed by atoms with Crippen LogP contribution in [0.1, 0.15) is 95.1 Å². The van der Waals surface area contributed by atoms with Crippen LogP contribution >= 0.6 is 0 Å². The molecule has 65 heavy (non-hydrogen) atoms. The molecule has 3 aliphatic rings. The first-order valence-corrected chi connectivity index (χ1v) is 23.1. The highest BCUT2D eigenvalue weighted by Crippen LogP contribution is 2.28. The number of carbonyl (C=O) groups excluding carboxylic acids is 7. The van der Waals surface area contributed by atoms with Gasteiger partial charge in [-0.05, 0) is 68.1 Å². The Morgan fingerprint density at radius 2 is 1.48 bits per heavy atom. The van der Waals surface area contributed by atoms with Gasteiger partial charge in [0.05, 0.1) is 0 Å². The largest absolute Gasteiger partial charge is 0.370 e. The number of rotatable bonds is 14. The van der Waals surface area contributed by atoms with Crippen LogP contribution in [0.4, 0.5) is 0 Å². The predicted octanol–water partition coefficient (Wildman–Crippen LogP) is 1.32. The van der Waals surface area contributed by atoms with E-state index in [0.717, 1.165) is 54.1 Å². The van der Waals surface area contributed by atoms with Gasteiger partial charge in [-0.15, -0.1) is 0 Å². The number of guanidine groups is 1. The third-order valence-electron chi connectivity index (χ3n) is 12.7. The summed E-state index contributed by atoms with van der Waals surface area (Å²) in [7, 11) is 0. The fraction of sp³-hybridized carbons (Fsp3) is 0.532. The second-order valence-corrected chi connectivity index (χ2v) is 17.6. The predicted molar refractivity (Wildman–Crippen MR) is 246 cm³/mol. The number of fused-ring (bicyclic) bond motifs is 2. The molecule has 0 bridgehead atoms. The zero-order chi connectivity index (χ0) is 46.3. The number of hydrogen-bond acceptors (Lipinski definition) is 8. The second-order valence-electron chi connectivity index (χ2n) is 17.6. The highest BCUT2D eigenvalue weighted by molar-refractivity contribution is 5.98. The van der Waals surface area contributed by atoms with Gasteiger partial charge in [-0.25, -0.2) is 0 Å². The molecule has 11 N–H and O–H groups in total. The van der Waals surface area contributed by atoms with Crippen molar-refractivity contribution in [1.29, 1.82) is 0 Å². The molecule has 3 fully saturated rings. The molecule has 1 aromatic heterocycles. The minimum atomic E-state index is -1.22. The van der Waals surface area contributed by atoms with E-state index >= 15 is 0 Å². The Labute approximate surface area is 379 Å². The monoisotopic (exact) mass is 896 g/mol. The van der Waals surface area contributed by atoms with Crippen LogP contribution < -0.4 is 43.4 Å². The van der Waals surface area contributed by atoms with Gasteiger partial charge in [0, 0.05) is 56.5 Å². The number of carbonyl (C=O) groups is 7. The van der Waals surface area contributed by atoms with Crippen molar-refractivity contribution < 1.29 is 33.6 Å². The van der Waals surface area contributed by atoms with Gasteiger partial charge in [0.25, 0.3) is 0 Å². The van der Waals surface area contributed by atoms with E-state index in [2.05, 4.69) is 41.9 Å². The first-order chi connectivity index (χ1) is 31.4. The molecule has 6 atom stereocenters. The zero-order valence-corrected chi connectivity index (χ0v) is 37.2. The maximum Gasteiger partial charge on any atom is 0.245 e. The summed E-state index contributed by atoms with van der Waals surface area (Å²) in [4.78, 5) is 107. The van der Waals surface area contributed by atoms with E-state index in [4.69, 9.17) is 11.5 Å². The van der Waals surface area contributed by atoms with Gasteiger partial charge >= 0.3 is 0 Å².